The minimum Gasteiger partial charge on any atom is -0.274 e. The molecule has 1 aromatic rings. The molecule has 0 atom stereocenters. The Morgan fingerprint density at radius 3 is 2.47 bits per heavy atom. The molecule has 1 heterocycles. The second-order valence-corrected chi connectivity index (χ2v) is 7.18. The highest BCUT2D eigenvalue weighted by atomic mass is 32.2. The zero-order chi connectivity index (χ0) is 14.0. The van der Waals surface area contributed by atoms with Crippen LogP contribution < -0.4 is 4.72 Å². The number of nitrogens with zero attached hydrogens (tertiary/aromatic N) is 2. The first-order chi connectivity index (χ1) is 8.92. The van der Waals surface area contributed by atoms with Crippen molar-refractivity contribution in [3.05, 3.63) is 11.9 Å². The van der Waals surface area contributed by atoms with Crippen LogP contribution in [-0.4, -0.2) is 24.2 Å². The van der Waals surface area contributed by atoms with Crippen molar-refractivity contribution < 1.29 is 8.42 Å². The van der Waals surface area contributed by atoms with E-state index in [-0.39, 0.29) is 6.04 Å². The predicted molar refractivity (Wildman–Crippen MR) is 74.3 cm³/mol. The van der Waals surface area contributed by atoms with Crippen LogP contribution in [0.2, 0.25) is 0 Å². The van der Waals surface area contributed by atoms with E-state index in [9.17, 15) is 8.42 Å². The van der Waals surface area contributed by atoms with Crippen LogP contribution in [0.15, 0.2) is 11.1 Å². The molecule has 0 unspecified atom stereocenters. The van der Waals surface area contributed by atoms with Crippen LogP contribution in [0, 0.1) is 12.8 Å². The lowest BCUT2D eigenvalue weighted by molar-refractivity contribution is 0.306. The van der Waals surface area contributed by atoms with Crippen LogP contribution in [0.5, 0.6) is 0 Å². The fourth-order valence-corrected chi connectivity index (χ4v) is 4.34. The van der Waals surface area contributed by atoms with Gasteiger partial charge in [0.1, 0.15) is 4.90 Å². The van der Waals surface area contributed by atoms with E-state index in [2.05, 4.69) is 16.7 Å². The Bertz CT molecular complexity index is 528. The Balaban J connectivity index is 2.04. The molecule has 0 bridgehead atoms. The van der Waals surface area contributed by atoms with Crippen molar-refractivity contribution >= 4 is 10.0 Å². The first-order valence-electron chi connectivity index (χ1n) is 6.95. The van der Waals surface area contributed by atoms with Gasteiger partial charge in [-0.25, -0.2) is 13.1 Å². The summed E-state index contributed by atoms with van der Waals surface area (Å²) in [6.45, 7) is 3.93. The Kier molecular flexibility index (Phi) is 4.30. The second-order valence-electron chi connectivity index (χ2n) is 5.50. The van der Waals surface area contributed by atoms with E-state index in [0.29, 0.717) is 10.6 Å². The first-order valence-corrected chi connectivity index (χ1v) is 8.43. The summed E-state index contributed by atoms with van der Waals surface area (Å²) in [5.41, 5.74) is 0.553. The molecular weight excluding hydrogens is 262 g/mol. The van der Waals surface area contributed by atoms with Crippen LogP contribution in [0.4, 0.5) is 0 Å². The maximum Gasteiger partial charge on any atom is 0.244 e. The molecule has 19 heavy (non-hydrogen) atoms. The molecule has 0 saturated heterocycles. The average Bonchev–Trinajstić information content (AvgIpc) is 2.70. The quantitative estimate of drug-likeness (QED) is 0.920. The molecule has 2 rings (SSSR count). The molecule has 1 fully saturated rings. The van der Waals surface area contributed by atoms with Gasteiger partial charge in [0.2, 0.25) is 10.0 Å². The van der Waals surface area contributed by atoms with Gasteiger partial charge in [-0.1, -0.05) is 13.3 Å². The summed E-state index contributed by atoms with van der Waals surface area (Å²) in [5, 5.41) is 4.09. The van der Waals surface area contributed by atoms with Crippen LogP contribution in [0.25, 0.3) is 0 Å². The van der Waals surface area contributed by atoms with Crippen molar-refractivity contribution in [2.24, 2.45) is 13.0 Å². The van der Waals surface area contributed by atoms with Gasteiger partial charge in [0.15, 0.2) is 0 Å². The molecule has 1 aliphatic rings. The fourth-order valence-electron chi connectivity index (χ4n) is 2.81. The maximum atomic E-state index is 12.3. The van der Waals surface area contributed by atoms with Crippen molar-refractivity contribution in [2.45, 2.75) is 56.9 Å². The molecule has 6 heteroatoms. The van der Waals surface area contributed by atoms with E-state index in [1.807, 2.05) is 0 Å². The van der Waals surface area contributed by atoms with Crippen molar-refractivity contribution in [1.29, 1.82) is 0 Å². The van der Waals surface area contributed by atoms with Crippen molar-refractivity contribution in [3.63, 3.8) is 0 Å². The minimum absolute atomic E-state index is 0.0763. The molecule has 0 aliphatic heterocycles. The van der Waals surface area contributed by atoms with Crippen LogP contribution in [-0.2, 0) is 17.1 Å². The molecule has 0 spiro atoms. The number of sulfonamides is 1. The summed E-state index contributed by atoms with van der Waals surface area (Å²) in [6, 6.07) is 0.0763. The molecule has 1 N–H and O–H groups in total. The normalized spacial score (nSPS) is 24.6. The number of hydrogen-bond donors (Lipinski definition) is 1. The molecule has 1 aromatic heterocycles. The summed E-state index contributed by atoms with van der Waals surface area (Å²) in [5.74, 6) is 0.765. The monoisotopic (exact) mass is 285 g/mol. The molecule has 1 saturated carbocycles. The fraction of sp³-hybridized carbons (Fsp3) is 0.769. The third kappa shape index (κ3) is 3.36. The molecule has 108 valence electrons. The smallest absolute Gasteiger partial charge is 0.244 e. The number of hydrogen-bond acceptors (Lipinski definition) is 3. The lowest BCUT2D eigenvalue weighted by Gasteiger charge is -2.28. The van der Waals surface area contributed by atoms with Gasteiger partial charge < -0.3 is 0 Å². The predicted octanol–water partition coefficient (Wildman–Crippen LogP) is 1.98. The van der Waals surface area contributed by atoms with Gasteiger partial charge in [-0.2, -0.15) is 5.10 Å². The van der Waals surface area contributed by atoms with Gasteiger partial charge in [-0.15, -0.1) is 0 Å². The standard InChI is InChI=1S/C13H23N3O2S/c1-4-11-5-7-12(8-6-11)15-19(17,18)13-9-16(3)14-10(13)2/h9,11-12,15H,4-8H2,1-3H3. The highest BCUT2D eigenvalue weighted by molar-refractivity contribution is 7.89. The number of aromatic nitrogens is 2. The molecule has 0 aromatic carbocycles. The van der Waals surface area contributed by atoms with E-state index in [4.69, 9.17) is 0 Å². The van der Waals surface area contributed by atoms with E-state index in [1.165, 1.54) is 11.1 Å². The van der Waals surface area contributed by atoms with Crippen molar-refractivity contribution in [2.75, 3.05) is 0 Å². The van der Waals surface area contributed by atoms with Gasteiger partial charge in [0.05, 0.1) is 5.69 Å². The van der Waals surface area contributed by atoms with Crippen LogP contribution in [0.1, 0.15) is 44.7 Å². The lowest BCUT2D eigenvalue weighted by atomic mass is 9.85. The number of aryl methyl sites for hydroxylation is 2. The third-order valence-electron chi connectivity index (χ3n) is 4.00. The third-order valence-corrected chi connectivity index (χ3v) is 5.63. The Labute approximate surface area is 115 Å². The number of rotatable bonds is 4. The van der Waals surface area contributed by atoms with Crippen molar-refractivity contribution in [3.8, 4) is 0 Å². The zero-order valence-electron chi connectivity index (χ0n) is 11.9. The van der Waals surface area contributed by atoms with Gasteiger partial charge in [0.25, 0.3) is 0 Å². The highest BCUT2D eigenvalue weighted by Gasteiger charge is 2.27. The van der Waals surface area contributed by atoms with Gasteiger partial charge in [-0.05, 0) is 38.5 Å². The zero-order valence-corrected chi connectivity index (χ0v) is 12.7. The SMILES string of the molecule is CCC1CCC(NS(=O)(=O)c2cn(C)nc2C)CC1. The Morgan fingerprint density at radius 1 is 1.37 bits per heavy atom. The first kappa shape index (κ1) is 14.5. The van der Waals surface area contributed by atoms with E-state index < -0.39 is 10.0 Å². The van der Waals surface area contributed by atoms with E-state index in [0.717, 1.165) is 31.6 Å². The topological polar surface area (TPSA) is 64.0 Å². The summed E-state index contributed by atoms with van der Waals surface area (Å²) >= 11 is 0. The van der Waals surface area contributed by atoms with Gasteiger partial charge in [0, 0.05) is 19.3 Å². The summed E-state index contributed by atoms with van der Waals surface area (Å²) in [4.78, 5) is 0.299. The highest BCUT2D eigenvalue weighted by Crippen LogP contribution is 2.27. The van der Waals surface area contributed by atoms with Gasteiger partial charge in [-0.3, -0.25) is 4.68 Å². The van der Waals surface area contributed by atoms with E-state index in [1.54, 1.807) is 20.2 Å². The maximum absolute atomic E-state index is 12.3. The minimum atomic E-state index is -3.43. The molecule has 0 radical (unpaired) electrons. The Morgan fingerprint density at radius 2 is 2.00 bits per heavy atom. The molecular formula is C13H23N3O2S. The Hall–Kier alpha value is -0.880. The number of nitrogens with one attached hydrogen (secondary N) is 1. The molecule has 0 amide bonds. The lowest BCUT2D eigenvalue weighted by Crippen LogP contribution is -2.37. The average molecular weight is 285 g/mol. The van der Waals surface area contributed by atoms with Crippen LogP contribution >= 0.6 is 0 Å². The molecule has 1 aliphatic carbocycles. The second kappa shape index (κ2) is 5.63. The van der Waals surface area contributed by atoms with Crippen LogP contribution in [0.3, 0.4) is 0 Å². The van der Waals surface area contributed by atoms with Crippen molar-refractivity contribution in [1.82, 2.24) is 14.5 Å². The summed E-state index contributed by atoms with van der Waals surface area (Å²) < 4.78 is 29.0. The van der Waals surface area contributed by atoms with Gasteiger partial charge >= 0.3 is 0 Å². The molecule has 5 nitrogen and oxygen atoms in total. The van der Waals surface area contributed by atoms with E-state index >= 15 is 0 Å². The largest absolute Gasteiger partial charge is 0.274 e. The summed E-state index contributed by atoms with van der Waals surface area (Å²) in [6.07, 6.45) is 6.88. The summed E-state index contributed by atoms with van der Waals surface area (Å²) in [7, 11) is -1.69.